The molecule has 7 heteroatoms. The highest BCUT2D eigenvalue weighted by Gasteiger charge is 2.42. The average Bonchev–Trinajstić information content (AvgIpc) is 2.78. The molecule has 2 aliphatic heterocycles. The van der Waals surface area contributed by atoms with E-state index in [2.05, 4.69) is 35.4 Å². The first-order valence-corrected chi connectivity index (χ1v) is 12.8. The lowest BCUT2D eigenvalue weighted by molar-refractivity contribution is -0.138. The van der Waals surface area contributed by atoms with Crippen LogP contribution < -0.4 is 10.6 Å². The van der Waals surface area contributed by atoms with Gasteiger partial charge < -0.3 is 15.4 Å². The topological polar surface area (TPSA) is 70.7 Å². The molecule has 3 rings (SSSR count). The third-order valence-corrected chi connectivity index (χ3v) is 7.29. The van der Waals surface area contributed by atoms with Crippen molar-refractivity contribution in [3.63, 3.8) is 0 Å². The lowest BCUT2D eigenvalue weighted by Crippen LogP contribution is -2.55. The molecule has 2 saturated heterocycles. The van der Waals surface area contributed by atoms with E-state index < -0.39 is 11.5 Å². The second kappa shape index (κ2) is 12.2. The van der Waals surface area contributed by atoms with E-state index in [0.29, 0.717) is 25.6 Å². The van der Waals surface area contributed by atoms with E-state index in [1.165, 1.54) is 0 Å². The third kappa shape index (κ3) is 7.43. The molecule has 1 spiro atoms. The molecule has 1 aromatic carbocycles. The molecular formula is C26H40ClN3O3. The maximum Gasteiger partial charge on any atom is 0.242 e. The van der Waals surface area contributed by atoms with Gasteiger partial charge in [0.1, 0.15) is 6.04 Å². The number of piperidine rings is 1. The zero-order chi connectivity index (χ0) is 23.8. The number of ether oxygens (including phenoxy) is 1. The summed E-state index contributed by atoms with van der Waals surface area (Å²) in [5.74, 6) is 0.226. The molecule has 2 amide bonds. The van der Waals surface area contributed by atoms with E-state index in [9.17, 15) is 9.59 Å². The summed E-state index contributed by atoms with van der Waals surface area (Å²) < 4.78 is 5.78. The molecule has 6 nitrogen and oxygen atoms in total. The fourth-order valence-electron chi connectivity index (χ4n) is 4.92. The minimum Gasteiger partial charge on any atom is -0.379 e. The molecule has 2 fully saturated rings. The minimum absolute atomic E-state index is 0.0357. The van der Waals surface area contributed by atoms with Crippen LogP contribution in [0.1, 0.15) is 64.9 Å². The highest BCUT2D eigenvalue weighted by Crippen LogP contribution is 2.38. The quantitative estimate of drug-likeness (QED) is 0.683. The highest BCUT2D eigenvalue weighted by molar-refractivity contribution is 6.31. The van der Waals surface area contributed by atoms with Gasteiger partial charge >= 0.3 is 0 Å². The van der Waals surface area contributed by atoms with Crippen molar-refractivity contribution in [2.45, 2.75) is 77.9 Å². The summed E-state index contributed by atoms with van der Waals surface area (Å²) in [6, 6.07) is 7.36. The van der Waals surface area contributed by atoms with Crippen LogP contribution in [0.4, 0.5) is 0 Å². The molecule has 2 N–H and O–H groups in total. The van der Waals surface area contributed by atoms with Gasteiger partial charge in [-0.25, -0.2) is 0 Å². The van der Waals surface area contributed by atoms with E-state index in [1.54, 1.807) is 0 Å². The van der Waals surface area contributed by atoms with Crippen molar-refractivity contribution in [1.29, 1.82) is 0 Å². The molecule has 0 saturated carbocycles. The molecule has 184 valence electrons. The molecule has 0 aliphatic carbocycles. The van der Waals surface area contributed by atoms with Gasteiger partial charge in [-0.2, -0.15) is 0 Å². The van der Waals surface area contributed by atoms with Crippen molar-refractivity contribution < 1.29 is 14.3 Å². The number of nitrogens with one attached hydrogen (secondary N) is 2. The number of hydrogen-bond donors (Lipinski definition) is 2. The van der Waals surface area contributed by atoms with Crippen LogP contribution in [-0.2, 0) is 20.9 Å². The zero-order valence-corrected chi connectivity index (χ0v) is 21.1. The van der Waals surface area contributed by atoms with Gasteiger partial charge in [0.2, 0.25) is 11.8 Å². The predicted molar refractivity (Wildman–Crippen MR) is 132 cm³/mol. The number of rotatable bonds is 4. The van der Waals surface area contributed by atoms with Crippen LogP contribution in [0.25, 0.3) is 0 Å². The lowest BCUT2D eigenvalue weighted by Gasteiger charge is -2.41. The van der Waals surface area contributed by atoms with Crippen LogP contribution >= 0.6 is 11.6 Å². The normalized spacial score (nSPS) is 25.6. The molecule has 2 heterocycles. The van der Waals surface area contributed by atoms with E-state index >= 15 is 0 Å². The highest BCUT2D eigenvalue weighted by atomic mass is 35.5. The van der Waals surface area contributed by atoms with Crippen molar-refractivity contribution in [3.05, 3.63) is 34.9 Å². The number of halogens is 1. The van der Waals surface area contributed by atoms with Crippen LogP contribution in [0.3, 0.4) is 0 Å². The van der Waals surface area contributed by atoms with Gasteiger partial charge in [0, 0.05) is 24.2 Å². The van der Waals surface area contributed by atoms with Gasteiger partial charge in [0.05, 0.1) is 12.0 Å². The fraction of sp³-hybridized carbons (Fsp3) is 0.692. The SMILES string of the molecule is CC(C)C[C@@H]1NC(=O)C2(CCCCOC[C@@H](C)NC1=O)CCN(Cc1ccccc1Cl)CC2. The van der Waals surface area contributed by atoms with Crippen LogP contribution in [0.5, 0.6) is 0 Å². The Kier molecular flexibility index (Phi) is 9.59. The Labute approximate surface area is 203 Å². The van der Waals surface area contributed by atoms with E-state index in [0.717, 1.165) is 62.3 Å². The van der Waals surface area contributed by atoms with Crippen molar-refractivity contribution in [2.75, 3.05) is 26.3 Å². The second-order valence-corrected chi connectivity index (χ2v) is 10.7. The molecule has 2 aliphatic rings. The summed E-state index contributed by atoms with van der Waals surface area (Å²) in [4.78, 5) is 29.0. The lowest BCUT2D eigenvalue weighted by atomic mass is 9.73. The first kappa shape index (κ1) is 26.0. The number of carbonyl (C=O) groups is 2. The Morgan fingerprint density at radius 1 is 1.12 bits per heavy atom. The van der Waals surface area contributed by atoms with E-state index in [1.807, 2.05) is 25.1 Å². The summed E-state index contributed by atoms with van der Waals surface area (Å²) in [5, 5.41) is 6.97. The van der Waals surface area contributed by atoms with Gasteiger partial charge in [0.25, 0.3) is 0 Å². The summed E-state index contributed by atoms with van der Waals surface area (Å²) in [5.41, 5.74) is 0.682. The monoisotopic (exact) mass is 477 g/mol. The van der Waals surface area contributed by atoms with Crippen molar-refractivity contribution in [3.8, 4) is 0 Å². The maximum atomic E-state index is 13.7. The van der Waals surface area contributed by atoms with Crippen LogP contribution in [0.2, 0.25) is 5.02 Å². The Bertz CT molecular complexity index is 793. The molecule has 33 heavy (non-hydrogen) atoms. The number of amides is 2. The summed E-state index contributed by atoms with van der Waals surface area (Å²) >= 11 is 6.37. The van der Waals surface area contributed by atoms with E-state index in [4.69, 9.17) is 16.3 Å². The fourth-order valence-corrected chi connectivity index (χ4v) is 5.12. The van der Waals surface area contributed by atoms with Gasteiger partial charge in [-0.15, -0.1) is 0 Å². The molecule has 2 atom stereocenters. The van der Waals surface area contributed by atoms with Crippen LogP contribution in [0.15, 0.2) is 24.3 Å². The maximum absolute atomic E-state index is 13.7. The van der Waals surface area contributed by atoms with Crippen LogP contribution in [-0.4, -0.2) is 55.1 Å². The first-order chi connectivity index (χ1) is 15.8. The summed E-state index contributed by atoms with van der Waals surface area (Å²) in [6.07, 6.45) is 4.90. The van der Waals surface area contributed by atoms with Crippen molar-refractivity contribution in [1.82, 2.24) is 15.5 Å². The Morgan fingerprint density at radius 2 is 1.85 bits per heavy atom. The third-order valence-electron chi connectivity index (χ3n) is 6.93. The van der Waals surface area contributed by atoms with Gasteiger partial charge in [-0.1, -0.05) is 50.1 Å². The Balaban J connectivity index is 1.72. The first-order valence-electron chi connectivity index (χ1n) is 12.4. The van der Waals surface area contributed by atoms with Gasteiger partial charge in [0.15, 0.2) is 0 Å². The number of likely N-dealkylation sites (tertiary alicyclic amines) is 1. The number of carbonyl (C=O) groups excluding carboxylic acids is 2. The standard InChI is InChI=1S/C26H40ClN3O3/c1-19(2)16-23-24(31)28-20(3)18-33-15-7-6-10-26(25(32)29-23)11-13-30(14-12-26)17-21-8-4-5-9-22(21)27/h4-5,8-9,19-20,23H,6-7,10-18H2,1-3H3,(H,28,31)(H,29,32)/t20-,23+/m1/s1. The molecule has 1 aromatic rings. The zero-order valence-electron chi connectivity index (χ0n) is 20.4. The van der Waals surface area contributed by atoms with Crippen LogP contribution in [0, 0.1) is 11.3 Å². The number of nitrogens with zero attached hydrogens (tertiary/aromatic N) is 1. The summed E-state index contributed by atoms with van der Waals surface area (Å²) in [7, 11) is 0. The second-order valence-electron chi connectivity index (χ2n) is 10.2. The molecule has 0 bridgehead atoms. The Morgan fingerprint density at radius 3 is 2.55 bits per heavy atom. The van der Waals surface area contributed by atoms with Crippen molar-refractivity contribution >= 4 is 23.4 Å². The smallest absolute Gasteiger partial charge is 0.242 e. The number of benzene rings is 1. The van der Waals surface area contributed by atoms with Crippen molar-refractivity contribution in [2.24, 2.45) is 11.3 Å². The Hall–Kier alpha value is -1.63. The van der Waals surface area contributed by atoms with E-state index in [-0.39, 0.29) is 17.9 Å². The van der Waals surface area contributed by atoms with Gasteiger partial charge in [-0.3, -0.25) is 14.5 Å². The largest absolute Gasteiger partial charge is 0.379 e. The molecule has 0 unspecified atom stereocenters. The number of hydrogen-bond acceptors (Lipinski definition) is 4. The average molecular weight is 478 g/mol. The predicted octanol–water partition coefficient (Wildman–Crippen LogP) is 4.16. The molecular weight excluding hydrogens is 438 g/mol. The minimum atomic E-state index is -0.515. The molecule has 0 radical (unpaired) electrons. The molecule has 0 aromatic heterocycles. The summed E-state index contributed by atoms with van der Waals surface area (Å²) in [6.45, 7) is 9.73. The van der Waals surface area contributed by atoms with Gasteiger partial charge in [-0.05, 0) is 69.7 Å².